The number of nitrogens with zero attached hydrogens (tertiary/aromatic N) is 4. The van der Waals surface area contributed by atoms with Gasteiger partial charge >= 0.3 is 0 Å². The fourth-order valence-electron chi connectivity index (χ4n) is 12.0. The Kier molecular flexibility index (Phi) is 10.6. The molecule has 2 aromatic heterocycles. The third-order valence-electron chi connectivity index (χ3n) is 15.5. The highest BCUT2D eigenvalue weighted by Crippen LogP contribution is 2.56. The maximum Gasteiger partial charge on any atom is 0.137 e. The zero-order valence-corrected chi connectivity index (χ0v) is 44.3. The smallest absolute Gasteiger partial charge is 0.137 e. The lowest BCUT2D eigenvalue weighted by atomic mass is 9.74. The van der Waals surface area contributed by atoms with Crippen molar-refractivity contribution in [1.29, 1.82) is 0 Å². The van der Waals surface area contributed by atoms with Crippen LogP contribution in [-0.4, -0.2) is 16.2 Å². The van der Waals surface area contributed by atoms with Gasteiger partial charge in [0.05, 0.1) is 28.1 Å². The van der Waals surface area contributed by atoms with Gasteiger partial charge in [-0.25, -0.2) is 4.98 Å². The van der Waals surface area contributed by atoms with Crippen LogP contribution in [0.25, 0.3) is 61.0 Å². The highest BCUT2D eigenvalue weighted by Gasteiger charge is 2.42. The molecule has 11 aromatic rings. The molecule has 0 N–H and O–H groups in total. The number of para-hydroxylation sites is 3. The lowest BCUT2D eigenvalue weighted by Gasteiger charge is -2.31. The minimum absolute atomic E-state index is 0.0557. The number of aromatic nitrogens is 2. The third kappa shape index (κ3) is 8.04. The number of pyridine rings is 1. The molecule has 2 aliphatic rings. The summed E-state index contributed by atoms with van der Waals surface area (Å²) >= 11 is 0. The molecule has 5 heteroatoms. The van der Waals surface area contributed by atoms with Crippen LogP contribution in [0.15, 0.2) is 225 Å². The van der Waals surface area contributed by atoms with Crippen LogP contribution < -0.4 is 14.5 Å². The second kappa shape index (κ2) is 18.0. The third-order valence-corrected chi connectivity index (χ3v) is 15.5. The van der Waals surface area contributed by atoms with E-state index < -0.39 is 17.2 Å². The van der Waals surface area contributed by atoms with Crippen LogP contribution in [-0.2, 0) is 17.2 Å². The number of fused-ring (bicyclic) bond motifs is 7. The first kappa shape index (κ1) is 44.8. The monoisotopic (exact) mass is 989 g/mol. The number of benzene rings is 9. The van der Waals surface area contributed by atoms with Crippen molar-refractivity contribution in [2.45, 2.75) is 65.7 Å². The lowest BCUT2D eigenvalue weighted by Crippen LogP contribution is -2.26. The minimum Gasteiger partial charge on any atom is -0.457 e. The molecular formula is C71H62N4O. The molecule has 0 saturated heterocycles. The summed E-state index contributed by atoms with van der Waals surface area (Å²) in [6.07, 6.45) is 0.279. The summed E-state index contributed by atoms with van der Waals surface area (Å²) in [6.45, 7) is 15.5. The Morgan fingerprint density at radius 1 is 0.526 bits per heavy atom. The molecule has 9 aromatic carbocycles. The first-order valence-electron chi connectivity index (χ1n) is 27.5. The van der Waals surface area contributed by atoms with Crippen molar-refractivity contribution in [2.24, 2.45) is 5.41 Å². The van der Waals surface area contributed by atoms with Crippen LogP contribution in [0.3, 0.4) is 0 Å². The van der Waals surface area contributed by atoms with Gasteiger partial charge in [0.1, 0.15) is 24.0 Å². The Hall–Kier alpha value is -8.67. The Bertz CT molecular complexity index is 4020. The van der Waals surface area contributed by atoms with Gasteiger partial charge in [0.25, 0.3) is 0 Å². The average molecular weight is 989 g/mol. The maximum atomic E-state index is 9.65. The lowest BCUT2D eigenvalue weighted by molar-refractivity contribution is 0.411. The fourth-order valence-corrected chi connectivity index (χ4v) is 12.0. The number of hydrogen-bond acceptors (Lipinski definition) is 4. The molecule has 1 aliphatic heterocycles. The van der Waals surface area contributed by atoms with E-state index in [9.17, 15) is 2.74 Å². The second-order valence-electron chi connectivity index (χ2n) is 22.7. The molecule has 0 spiro atoms. The van der Waals surface area contributed by atoms with E-state index in [0.717, 1.165) is 89.7 Å². The van der Waals surface area contributed by atoms with Crippen LogP contribution in [0.2, 0.25) is 0 Å². The maximum absolute atomic E-state index is 9.65. The standard InChI is InChI=1S/C71H62N4O/c1-69(2,3)45-47-38-59(48-22-10-8-11-23-48)68(60(39-47)49-24-12-9-13-25-49)74-46-73(64-32-20-21-33-65(64)74)52-40-51(71(7)61-29-17-14-26-55(61)56-27-15-18-30-62(56)71)41-54(43-52)76-53-34-35-58-57-28-16-19-31-63(57)75(66(58)44-53)67-42-50(36-37-72-67)70(4,5)6/h8-44H,45-46H2,1-7H3/i45D2. The number of rotatable bonds is 9. The van der Waals surface area contributed by atoms with Crippen molar-refractivity contribution in [1.82, 2.24) is 9.55 Å². The number of anilines is 4. The highest BCUT2D eigenvalue weighted by molar-refractivity contribution is 6.09. The summed E-state index contributed by atoms with van der Waals surface area (Å²) in [5.74, 6) is 2.31. The van der Waals surface area contributed by atoms with E-state index in [4.69, 9.17) is 9.72 Å². The fraction of sp³-hybridized carbons (Fsp3) is 0.169. The van der Waals surface area contributed by atoms with Gasteiger partial charge < -0.3 is 14.5 Å². The van der Waals surface area contributed by atoms with Crippen LogP contribution in [0.5, 0.6) is 11.5 Å². The summed E-state index contributed by atoms with van der Waals surface area (Å²) in [5.41, 5.74) is 16.9. The van der Waals surface area contributed by atoms with Crippen LogP contribution in [0.1, 0.15) is 79.0 Å². The van der Waals surface area contributed by atoms with Gasteiger partial charge in [-0.2, -0.15) is 0 Å². The van der Waals surface area contributed by atoms with Crippen molar-refractivity contribution in [3.8, 4) is 50.7 Å². The predicted molar refractivity (Wildman–Crippen MR) is 317 cm³/mol. The van der Waals surface area contributed by atoms with Crippen molar-refractivity contribution in [2.75, 3.05) is 16.5 Å². The van der Waals surface area contributed by atoms with E-state index in [1.54, 1.807) is 0 Å². The molecule has 0 amide bonds. The molecule has 0 radical (unpaired) electrons. The van der Waals surface area contributed by atoms with Crippen LogP contribution in [0.4, 0.5) is 22.7 Å². The summed E-state index contributed by atoms with van der Waals surface area (Å²) in [6, 6.07) is 77.7. The molecule has 1 aliphatic carbocycles. The van der Waals surface area contributed by atoms with Gasteiger partial charge in [-0.05, 0) is 141 Å². The number of ether oxygens (including phenoxy) is 1. The van der Waals surface area contributed by atoms with E-state index >= 15 is 0 Å². The molecule has 5 nitrogen and oxygen atoms in total. The average Bonchev–Trinajstić information content (AvgIpc) is 4.17. The Labute approximate surface area is 450 Å². The largest absolute Gasteiger partial charge is 0.457 e. The molecule has 0 saturated carbocycles. The van der Waals surface area contributed by atoms with E-state index in [0.29, 0.717) is 12.2 Å². The normalized spacial score (nSPS) is 14.4. The summed E-state index contributed by atoms with van der Waals surface area (Å²) < 4.78 is 28.9. The quantitative estimate of drug-likeness (QED) is 0.144. The van der Waals surface area contributed by atoms with E-state index in [-0.39, 0.29) is 5.41 Å². The zero-order chi connectivity index (χ0) is 53.7. The second-order valence-corrected chi connectivity index (χ2v) is 22.7. The van der Waals surface area contributed by atoms with E-state index in [2.05, 4.69) is 248 Å². The van der Waals surface area contributed by atoms with Gasteiger partial charge in [-0.1, -0.05) is 181 Å². The Morgan fingerprint density at radius 3 is 1.75 bits per heavy atom. The van der Waals surface area contributed by atoms with Gasteiger partial charge in [0.15, 0.2) is 0 Å². The van der Waals surface area contributed by atoms with Gasteiger partial charge in [-0.15, -0.1) is 0 Å². The van der Waals surface area contributed by atoms with Gasteiger partial charge in [0, 0.05) is 54.1 Å². The molecule has 13 rings (SSSR count). The first-order valence-corrected chi connectivity index (χ1v) is 26.5. The van der Waals surface area contributed by atoms with Crippen molar-refractivity contribution in [3.05, 3.63) is 252 Å². The number of hydrogen-bond donors (Lipinski definition) is 0. The molecule has 0 unspecified atom stereocenters. The van der Waals surface area contributed by atoms with Gasteiger partial charge in [0.2, 0.25) is 0 Å². The van der Waals surface area contributed by atoms with Crippen LogP contribution in [0, 0.1) is 5.41 Å². The molecular weight excluding hydrogens is 925 g/mol. The minimum atomic E-state index is -1.65. The van der Waals surface area contributed by atoms with Crippen molar-refractivity contribution in [3.63, 3.8) is 0 Å². The molecule has 0 fully saturated rings. The van der Waals surface area contributed by atoms with Gasteiger partial charge in [-0.3, -0.25) is 4.57 Å². The first-order chi connectivity index (χ1) is 37.6. The molecule has 0 atom stereocenters. The predicted octanol–water partition coefficient (Wildman–Crippen LogP) is 18.8. The van der Waals surface area contributed by atoms with Crippen LogP contribution >= 0.6 is 0 Å². The topological polar surface area (TPSA) is 33.5 Å². The molecule has 372 valence electrons. The molecule has 3 heterocycles. The molecule has 0 bridgehead atoms. The SMILES string of the molecule is [2H]C([2H])(c1cc(-c2ccccc2)c(N2CN(c3cc(Oc4ccc5c6ccccc6n(-c6cc(C(C)(C)C)ccn6)c5c4)cc(C4(C)c5ccccc5-c5ccccc54)c3)c3ccccc32)c(-c2ccccc2)c1)C(C)(C)C. The van der Waals surface area contributed by atoms with E-state index in [1.165, 1.54) is 27.8 Å². The van der Waals surface area contributed by atoms with Crippen molar-refractivity contribution < 1.29 is 7.48 Å². The summed E-state index contributed by atoms with van der Waals surface area (Å²) in [5, 5.41) is 2.28. The molecule has 76 heavy (non-hydrogen) atoms. The summed E-state index contributed by atoms with van der Waals surface area (Å²) in [7, 11) is 0. The summed E-state index contributed by atoms with van der Waals surface area (Å²) in [4.78, 5) is 9.83. The van der Waals surface area contributed by atoms with Crippen molar-refractivity contribution >= 4 is 44.6 Å². The zero-order valence-electron chi connectivity index (χ0n) is 46.3. The highest BCUT2D eigenvalue weighted by atomic mass is 16.5. The van der Waals surface area contributed by atoms with E-state index in [1.807, 2.05) is 39.1 Å². The Morgan fingerprint density at radius 2 is 1.11 bits per heavy atom. The Balaban J connectivity index is 1.01.